The van der Waals surface area contributed by atoms with Crippen LogP contribution in [0.5, 0.6) is 5.75 Å². The first-order valence-corrected chi connectivity index (χ1v) is 6.04. The summed E-state index contributed by atoms with van der Waals surface area (Å²) < 4.78 is 6.57. The van der Waals surface area contributed by atoms with Crippen molar-refractivity contribution in [1.29, 1.82) is 0 Å². The number of nitrogens with zero attached hydrogens (tertiary/aromatic N) is 1. The largest absolute Gasteiger partial charge is 0.487 e. The van der Waals surface area contributed by atoms with Crippen molar-refractivity contribution in [2.24, 2.45) is 0 Å². The van der Waals surface area contributed by atoms with Crippen LogP contribution in [0.15, 0.2) is 41.0 Å². The predicted octanol–water partition coefficient (Wildman–Crippen LogP) is 3.31. The van der Waals surface area contributed by atoms with Gasteiger partial charge in [0.25, 0.3) is 0 Å². The van der Waals surface area contributed by atoms with Crippen LogP contribution in [0.4, 0.5) is 5.69 Å². The van der Waals surface area contributed by atoms with Gasteiger partial charge in [-0.2, -0.15) is 0 Å². The summed E-state index contributed by atoms with van der Waals surface area (Å²) in [6.07, 6.45) is 1.76. The molecular formula is C13H13BrN2O. The molecule has 0 aliphatic carbocycles. The fourth-order valence-electron chi connectivity index (χ4n) is 1.49. The van der Waals surface area contributed by atoms with Gasteiger partial charge in [-0.3, -0.25) is 4.98 Å². The molecule has 0 radical (unpaired) electrons. The summed E-state index contributed by atoms with van der Waals surface area (Å²) in [5.41, 5.74) is 8.46. The van der Waals surface area contributed by atoms with Crippen molar-refractivity contribution in [3.63, 3.8) is 0 Å². The zero-order valence-electron chi connectivity index (χ0n) is 9.48. The molecule has 17 heavy (non-hydrogen) atoms. The highest BCUT2D eigenvalue weighted by Crippen LogP contribution is 2.23. The summed E-state index contributed by atoms with van der Waals surface area (Å²) in [5.74, 6) is 0.738. The molecule has 3 nitrogen and oxygen atoms in total. The molecule has 0 aliphatic rings. The highest BCUT2D eigenvalue weighted by Gasteiger charge is 2.02. The van der Waals surface area contributed by atoms with Crippen molar-refractivity contribution in [2.75, 3.05) is 5.73 Å². The highest BCUT2D eigenvalue weighted by atomic mass is 79.9. The Balaban J connectivity index is 2.10. The molecule has 1 heterocycles. The van der Waals surface area contributed by atoms with Gasteiger partial charge in [0, 0.05) is 22.4 Å². The van der Waals surface area contributed by atoms with E-state index in [2.05, 4.69) is 20.9 Å². The number of aryl methyl sites for hydroxylation is 1. The molecule has 2 aromatic rings. The molecule has 0 saturated heterocycles. The van der Waals surface area contributed by atoms with E-state index >= 15 is 0 Å². The second-order valence-electron chi connectivity index (χ2n) is 3.78. The maximum Gasteiger partial charge on any atom is 0.130 e. The van der Waals surface area contributed by atoms with Crippen LogP contribution in [-0.4, -0.2) is 4.98 Å². The molecule has 0 fully saturated rings. The SMILES string of the molecule is Cc1cccnc1COc1cc(N)cc(Br)c1. The van der Waals surface area contributed by atoms with Crippen molar-refractivity contribution in [3.8, 4) is 5.75 Å². The van der Waals surface area contributed by atoms with Crippen molar-refractivity contribution in [1.82, 2.24) is 4.98 Å². The monoisotopic (exact) mass is 292 g/mol. The van der Waals surface area contributed by atoms with Gasteiger partial charge in [0.15, 0.2) is 0 Å². The maximum atomic E-state index is 5.73. The Kier molecular flexibility index (Phi) is 3.64. The first-order chi connectivity index (χ1) is 8.15. The third kappa shape index (κ3) is 3.20. The minimum Gasteiger partial charge on any atom is -0.487 e. The molecule has 1 aromatic heterocycles. The van der Waals surface area contributed by atoms with Gasteiger partial charge in [-0.15, -0.1) is 0 Å². The minimum atomic E-state index is 0.447. The molecule has 0 aliphatic heterocycles. The van der Waals surface area contributed by atoms with Crippen LogP contribution >= 0.6 is 15.9 Å². The van der Waals surface area contributed by atoms with Gasteiger partial charge < -0.3 is 10.5 Å². The lowest BCUT2D eigenvalue weighted by Crippen LogP contribution is -2.00. The summed E-state index contributed by atoms with van der Waals surface area (Å²) >= 11 is 3.38. The van der Waals surface area contributed by atoms with Crippen LogP contribution in [0.3, 0.4) is 0 Å². The summed E-state index contributed by atoms with van der Waals surface area (Å²) in [6, 6.07) is 9.44. The van der Waals surface area contributed by atoms with E-state index < -0.39 is 0 Å². The second-order valence-corrected chi connectivity index (χ2v) is 4.69. The van der Waals surface area contributed by atoms with E-state index in [1.807, 2.05) is 31.2 Å². The Labute approximate surface area is 109 Å². The Morgan fingerprint density at radius 1 is 1.35 bits per heavy atom. The molecule has 4 heteroatoms. The molecule has 0 unspecified atom stereocenters. The number of aromatic nitrogens is 1. The number of ether oxygens (including phenoxy) is 1. The number of hydrogen-bond donors (Lipinski definition) is 1. The van der Waals surface area contributed by atoms with Crippen LogP contribution < -0.4 is 10.5 Å². The van der Waals surface area contributed by atoms with E-state index in [0.29, 0.717) is 12.3 Å². The third-order valence-corrected chi connectivity index (χ3v) is 2.84. The Morgan fingerprint density at radius 2 is 2.18 bits per heavy atom. The van der Waals surface area contributed by atoms with E-state index in [9.17, 15) is 0 Å². The van der Waals surface area contributed by atoms with Crippen LogP contribution in [0, 0.1) is 6.92 Å². The zero-order chi connectivity index (χ0) is 12.3. The van der Waals surface area contributed by atoms with Gasteiger partial charge in [0.1, 0.15) is 12.4 Å². The van der Waals surface area contributed by atoms with Crippen LogP contribution in [0.25, 0.3) is 0 Å². The van der Waals surface area contributed by atoms with E-state index in [4.69, 9.17) is 10.5 Å². The van der Waals surface area contributed by atoms with Gasteiger partial charge in [-0.25, -0.2) is 0 Å². The summed E-state index contributed by atoms with van der Waals surface area (Å²) in [6.45, 7) is 2.46. The first kappa shape index (κ1) is 11.9. The van der Waals surface area contributed by atoms with E-state index in [1.54, 1.807) is 12.3 Å². The number of hydrogen-bond acceptors (Lipinski definition) is 3. The quantitative estimate of drug-likeness (QED) is 0.883. The van der Waals surface area contributed by atoms with Crippen LogP contribution in [0.2, 0.25) is 0 Å². The molecule has 88 valence electrons. The maximum absolute atomic E-state index is 5.73. The molecule has 0 atom stereocenters. The number of benzene rings is 1. The average Bonchev–Trinajstić information content (AvgIpc) is 2.27. The Hall–Kier alpha value is -1.55. The predicted molar refractivity (Wildman–Crippen MR) is 71.9 cm³/mol. The van der Waals surface area contributed by atoms with Crippen molar-refractivity contribution in [3.05, 3.63) is 52.3 Å². The topological polar surface area (TPSA) is 48.1 Å². The number of pyridine rings is 1. The number of nitrogen functional groups attached to an aromatic ring is 1. The van der Waals surface area contributed by atoms with Crippen LogP contribution in [-0.2, 0) is 6.61 Å². The summed E-state index contributed by atoms with van der Waals surface area (Å²) in [7, 11) is 0. The minimum absolute atomic E-state index is 0.447. The van der Waals surface area contributed by atoms with Gasteiger partial charge >= 0.3 is 0 Å². The molecule has 0 bridgehead atoms. The number of halogens is 1. The molecule has 2 N–H and O–H groups in total. The first-order valence-electron chi connectivity index (χ1n) is 5.24. The lowest BCUT2D eigenvalue weighted by molar-refractivity contribution is 0.300. The molecule has 0 spiro atoms. The second kappa shape index (κ2) is 5.19. The highest BCUT2D eigenvalue weighted by molar-refractivity contribution is 9.10. The van der Waals surface area contributed by atoms with E-state index in [1.165, 1.54) is 0 Å². The van der Waals surface area contributed by atoms with Gasteiger partial charge in [-0.1, -0.05) is 22.0 Å². The van der Waals surface area contributed by atoms with Crippen LogP contribution in [0.1, 0.15) is 11.3 Å². The zero-order valence-corrected chi connectivity index (χ0v) is 11.1. The van der Waals surface area contributed by atoms with Gasteiger partial charge in [0.05, 0.1) is 5.69 Å². The average molecular weight is 293 g/mol. The summed E-state index contributed by atoms with van der Waals surface area (Å²) in [5, 5.41) is 0. The molecular weight excluding hydrogens is 280 g/mol. The fraction of sp³-hybridized carbons (Fsp3) is 0.154. The molecule has 2 rings (SSSR count). The standard InChI is InChI=1S/C13H13BrN2O/c1-9-3-2-4-16-13(9)8-17-12-6-10(14)5-11(15)7-12/h2-7H,8,15H2,1H3. The van der Waals surface area contributed by atoms with E-state index in [0.717, 1.165) is 21.5 Å². The molecule has 0 saturated carbocycles. The van der Waals surface area contributed by atoms with Gasteiger partial charge in [-0.05, 0) is 30.7 Å². The summed E-state index contributed by atoms with van der Waals surface area (Å²) in [4.78, 5) is 4.27. The number of nitrogens with two attached hydrogens (primary N) is 1. The lowest BCUT2D eigenvalue weighted by Gasteiger charge is -2.08. The van der Waals surface area contributed by atoms with E-state index in [-0.39, 0.29) is 0 Å². The Bertz CT molecular complexity index is 508. The number of anilines is 1. The Morgan fingerprint density at radius 3 is 2.88 bits per heavy atom. The van der Waals surface area contributed by atoms with Crippen molar-refractivity contribution >= 4 is 21.6 Å². The molecule has 1 aromatic carbocycles. The fourth-order valence-corrected chi connectivity index (χ4v) is 1.98. The van der Waals surface area contributed by atoms with Gasteiger partial charge in [0.2, 0.25) is 0 Å². The van der Waals surface area contributed by atoms with Crippen molar-refractivity contribution < 1.29 is 4.74 Å². The lowest BCUT2D eigenvalue weighted by atomic mass is 10.2. The third-order valence-electron chi connectivity index (χ3n) is 2.39. The van der Waals surface area contributed by atoms with Crippen molar-refractivity contribution in [2.45, 2.75) is 13.5 Å². The number of rotatable bonds is 3. The molecule has 0 amide bonds. The normalized spacial score (nSPS) is 10.2. The smallest absolute Gasteiger partial charge is 0.130 e.